The molecule has 0 radical (unpaired) electrons. The lowest BCUT2D eigenvalue weighted by Gasteiger charge is -2.55. The molecule has 1 spiro atoms. The first-order valence-corrected chi connectivity index (χ1v) is 6.33. The van der Waals surface area contributed by atoms with Crippen molar-refractivity contribution in [2.45, 2.75) is 37.8 Å². The topological polar surface area (TPSA) is 58.6 Å². The van der Waals surface area contributed by atoms with Gasteiger partial charge in [0.2, 0.25) is 5.91 Å². The quantitative estimate of drug-likeness (QED) is 0.721. The van der Waals surface area contributed by atoms with Gasteiger partial charge in [-0.1, -0.05) is 0 Å². The second-order valence-corrected chi connectivity index (χ2v) is 5.03. The molecule has 1 aliphatic heterocycles. The molecule has 2 fully saturated rings. The molecular formula is C11H18ClNO3. The van der Waals surface area contributed by atoms with Gasteiger partial charge in [0.1, 0.15) is 0 Å². The highest BCUT2D eigenvalue weighted by molar-refractivity contribution is 6.18. The van der Waals surface area contributed by atoms with E-state index in [1.807, 2.05) is 0 Å². The average molecular weight is 248 g/mol. The number of hydrogen-bond donors (Lipinski definition) is 2. The van der Waals surface area contributed by atoms with E-state index in [2.05, 4.69) is 5.32 Å². The Bertz CT molecular complexity index is 266. The fourth-order valence-corrected chi connectivity index (χ4v) is 2.92. The second kappa shape index (κ2) is 4.90. The molecule has 2 aliphatic rings. The Balaban J connectivity index is 1.93. The molecule has 2 rings (SSSR count). The van der Waals surface area contributed by atoms with Crippen LogP contribution in [0.2, 0.25) is 0 Å². The fourth-order valence-electron chi connectivity index (χ4n) is 2.75. The normalized spacial score (nSPS) is 32.1. The van der Waals surface area contributed by atoms with E-state index in [0.717, 1.165) is 12.8 Å². The van der Waals surface area contributed by atoms with Gasteiger partial charge in [0.15, 0.2) is 0 Å². The van der Waals surface area contributed by atoms with E-state index in [0.29, 0.717) is 31.9 Å². The van der Waals surface area contributed by atoms with Crippen molar-refractivity contribution >= 4 is 17.5 Å². The van der Waals surface area contributed by atoms with Gasteiger partial charge >= 0.3 is 0 Å². The van der Waals surface area contributed by atoms with Crippen LogP contribution in [0.1, 0.15) is 25.7 Å². The van der Waals surface area contributed by atoms with Crippen LogP contribution in [0.4, 0.5) is 0 Å². The SMILES string of the molecule is O=C(CCCl)NC1CC(O)C12CCOCC2. The second-order valence-electron chi connectivity index (χ2n) is 4.66. The third-order valence-corrected chi connectivity index (χ3v) is 4.09. The van der Waals surface area contributed by atoms with Crippen LogP contribution in [-0.4, -0.2) is 42.3 Å². The van der Waals surface area contributed by atoms with Crippen LogP contribution in [0, 0.1) is 5.41 Å². The lowest BCUT2D eigenvalue weighted by atomic mass is 9.58. The minimum Gasteiger partial charge on any atom is -0.392 e. The number of halogens is 1. The smallest absolute Gasteiger partial charge is 0.221 e. The Morgan fingerprint density at radius 3 is 2.75 bits per heavy atom. The molecule has 1 heterocycles. The van der Waals surface area contributed by atoms with Gasteiger partial charge in [-0.2, -0.15) is 0 Å². The number of hydrogen-bond acceptors (Lipinski definition) is 3. The molecule has 5 heteroatoms. The van der Waals surface area contributed by atoms with Gasteiger partial charge in [-0.3, -0.25) is 4.79 Å². The number of aliphatic hydroxyl groups is 1. The first-order chi connectivity index (χ1) is 7.69. The molecule has 4 nitrogen and oxygen atoms in total. The van der Waals surface area contributed by atoms with Crippen molar-refractivity contribution in [3.8, 4) is 0 Å². The fraction of sp³-hybridized carbons (Fsp3) is 0.909. The van der Waals surface area contributed by atoms with Crippen molar-refractivity contribution in [3.05, 3.63) is 0 Å². The van der Waals surface area contributed by atoms with Gasteiger partial charge < -0.3 is 15.2 Å². The third kappa shape index (κ3) is 2.06. The summed E-state index contributed by atoms with van der Waals surface area (Å²) in [6.45, 7) is 1.36. The van der Waals surface area contributed by atoms with Crippen LogP contribution in [0.15, 0.2) is 0 Å². The summed E-state index contributed by atoms with van der Waals surface area (Å²) in [5.41, 5.74) is -0.139. The van der Waals surface area contributed by atoms with E-state index in [-0.39, 0.29) is 23.5 Å². The standard InChI is InChI=1S/C11H18ClNO3/c12-4-1-10(15)13-8-7-9(14)11(8)2-5-16-6-3-11/h8-9,14H,1-7H2,(H,13,15). The number of carbonyl (C=O) groups excluding carboxylic acids is 1. The molecule has 0 aromatic rings. The first-order valence-electron chi connectivity index (χ1n) is 5.80. The predicted octanol–water partition coefficient (Wildman–Crippen LogP) is 0.662. The van der Waals surface area contributed by atoms with E-state index < -0.39 is 0 Å². The van der Waals surface area contributed by atoms with E-state index in [9.17, 15) is 9.90 Å². The molecule has 16 heavy (non-hydrogen) atoms. The number of aliphatic hydroxyl groups excluding tert-OH is 1. The number of amides is 1. The zero-order chi connectivity index (χ0) is 11.6. The largest absolute Gasteiger partial charge is 0.392 e. The van der Waals surface area contributed by atoms with Crippen LogP contribution in [0.3, 0.4) is 0 Å². The van der Waals surface area contributed by atoms with E-state index >= 15 is 0 Å². The van der Waals surface area contributed by atoms with Crippen LogP contribution in [0.5, 0.6) is 0 Å². The van der Waals surface area contributed by atoms with E-state index in [1.54, 1.807) is 0 Å². The van der Waals surface area contributed by atoms with Gasteiger partial charge in [-0.05, 0) is 19.3 Å². The van der Waals surface area contributed by atoms with Gasteiger partial charge in [0.25, 0.3) is 0 Å². The molecule has 0 aromatic carbocycles. The van der Waals surface area contributed by atoms with Crippen molar-refractivity contribution in [3.63, 3.8) is 0 Å². The van der Waals surface area contributed by atoms with Crippen molar-refractivity contribution in [1.29, 1.82) is 0 Å². The van der Waals surface area contributed by atoms with E-state index in [1.165, 1.54) is 0 Å². The Morgan fingerprint density at radius 2 is 2.19 bits per heavy atom. The maximum Gasteiger partial charge on any atom is 0.221 e. The van der Waals surface area contributed by atoms with Gasteiger partial charge in [-0.25, -0.2) is 0 Å². The van der Waals surface area contributed by atoms with Gasteiger partial charge in [-0.15, -0.1) is 11.6 Å². The van der Waals surface area contributed by atoms with Crippen molar-refractivity contribution < 1.29 is 14.6 Å². The van der Waals surface area contributed by atoms with Crippen LogP contribution in [0.25, 0.3) is 0 Å². The highest BCUT2D eigenvalue weighted by Crippen LogP contribution is 2.48. The Morgan fingerprint density at radius 1 is 1.50 bits per heavy atom. The Labute approximate surface area is 100 Å². The first kappa shape index (κ1) is 12.1. The number of carbonyl (C=O) groups is 1. The summed E-state index contributed by atoms with van der Waals surface area (Å²) >= 11 is 5.52. The van der Waals surface area contributed by atoms with Crippen molar-refractivity contribution in [2.75, 3.05) is 19.1 Å². The lowest BCUT2D eigenvalue weighted by Crippen LogP contribution is -2.65. The van der Waals surface area contributed by atoms with Gasteiger partial charge in [0, 0.05) is 37.0 Å². The number of rotatable bonds is 3. The molecule has 2 N–H and O–H groups in total. The highest BCUT2D eigenvalue weighted by Gasteiger charge is 2.55. The molecule has 1 aliphatic carbocycles. The summed E-state index contributed by atoms with van der Waals surface area (Å²) in [5, 5.41) is 12.9. The lowest BCUT2D eigenvalue weighted by molar-refractivity contribution is -0.155. The minimum absolute atomic E-state index is 0.0160. The number of alkyl halides is 1. The van der Waals surface area contributed by atoms with E-state index in [4.69, 9.17) is 16.3 Å². The molecule has 0 bridgehead atoms. The Kier molecular flexibility index (Phi) is 3.72. The zero-order valence-corrected chi connectivity index (χ0v) is 10.0. The minimum atomic E-state index is -0.294. The molecule has 1 saturated heterocycles. The third-order valence-electron chi connectivity index (χ3n) is 3.90. The summed E-state index contributed by atoms with van der Waals surface area (Å²) in [6, 6.07) is 0.0992. The molecular weight excluding hydrogens is 230 g/mol. The number of nitrogens with one attached hydrogen (secondary N) is 1. The summed E-state index contributed by atoms with van der Waals surface area (Å²) < 4.78 is 5.30. The zero-order valence-electron chi connectivity index (χ0n) is 9.25. The van der Waals surface area contributed by atoms with Crippen molar-refractivity contribution in [2.24, 2.45) is 5.41 Å². The predicted molar refractivity (Wildman–Crippen MR) is 60.4 cm³/mol. The molecule has 0 aromatic heterocycles. The van der Waals surface area contributed by atoms with Crippen molar-refractivity contribution in [1.82, 2.24) is 5.32 Å². The highest BCUT2D eigenvalue weighted by atomic mass is 35.5. The number of ether oxygens (including phenoxy) is 1. The molecule has 92 valence electrons. The van der Waals surface area contributed by atoms with Crippen LogP contribution in [-0.2, 0) is 9.53 Å². The maximum absolute atomic E-state index is 11.5. The molecule has 2 unspecified atom stereocenters. The Hall–Kier alpha value is -0.320. The molecule has 1 amide bonds. The summed E-state index contributed by atoms with van der Waals surface area (Å²) in [5.74, 6) is 0.329. The molecule has 2 atom stereocenters. The summed E-state index contributed by atoms with van der Waals surface area (Å²) in [4.78, 5) is 11.5. The average Bonchev–Trinajstić information content (AvgIpc) is 2.30. The summed E-state index contributed by atoms with van der Waals surface area (Å²) in [7, 11) is 0. The van der Waals surface area contributed by atoms with Crippen LogP contribution < -0.4 is 5.32 Å². The molecule has 1 saturated carbocycles. The monoisotopic (exact) mass is 247 g/mol. The van der Waals surface area contributed by atoms with Gasteiger partial charge in [0.05, 0.1) is 6.10 Å². The summed E-state index contributed by atoms with van der Waals surface area (Å²) in [6.07, 6.45) is 2.38. The van der Waals surface area contributed by atoms with Crippen LogP contribution >= 0.6 is 11.6 Å². The maximum atomic E-state index is 11.5.